The molecular weight excluding hydrogens is 266 g/mol. The van der Waals surface area contributed by atoms with E-state index in [0.29, 0.717) is 13.1 Å². The van der Waals surface area contributed by atoms with E-state index in [1.807, 2.05) is 30.9 Å². The molecule has 1 aromatic carbocycles. The van der Waals surface area contributed by atoms with E-state index in [0.717, 1.165) is 12.8 Å². The third kappa shape index (κ3) is 3.35. The van der Waals surface area contributed by atoms with Gasteiger partial charge in [0.1, 0.15) is 5.92 Å². The number of hydrogen-bond acceptors (Lipinski definition) is 3. The summed E-state index contributed by atoms with van der Waals surface area (Å²) in [5, 5.41) is 11.9. The molecule has 0 radical (unpaired) electrons. The molecule has 1 amide bonds. The van der Waals surface area contributed by atoms with Crippen molar-refractivity contribution in [3.05, 3.63) is 35.4 Å². The molecule has 0 aromatic heterocycles. The molecular formula is C16H23N3O2. The van der Waals surface area contributed by atoms with E-state index in [-0.39, 0.29) is 17.7 Å². The molecule has 1 atom stereocenters. The van der Waals surface area contributed by atoms with Crippen LogP contribution in [0.4, 0.5) is 0 Å². The predicted octanol–water partition coefficient (Wildman–Crippen LogP) is 1.98. The summed E-state index contributed by atoms with van der Waals surface area (Å²) in [6.07, 6.45) is 1.92. The van der Waals surface area contributed by atoms with Crippen LogP contribution >= 0.6 is 0 Å². The van der Waals surface area contributed by atoms with Gasteiger partial charge in [0.15, 0.2) is 5.84 Å². The topological polar surface area (TPSA) is 78.9 Å². The van der Waals surface area contributed by atoms with Crippen LogP contribution in [0.25, 0.3) is 0 Å². The summed E-state index contributed by atoms with van der Waals surface area (Å²) in [5.74, 6) is -0.642. The first-order chi connectivity index (χ1) is 10.0. The number of rotatable bonds is 3. The Balaban J connectivity index is 2.23. The quantitative estimate of drug-likeness (QED) is 0.386. The summed E-state index contributed by atoms with van der Waals surface area (Å²) in [4.78, 5) is 14.6. The van der Waals surface area contributed by atoms with Gasteiger partial charge in [-0.15, -0.1) is 0 Å². The molecule has 0 fully saturated rings. The van der Waals surface area contributed by atoms with Crippen molar-refractivity contribution in [2.75, 3.05) is 6.54 Å². The smallest absolute Gasteiger partial charge is 0.233 e. The van der Waals surface area contributed by atoms with Gasteiger partial charge < -0.3 is 15.8 Å². The van der Waals surface area contributed by atoms with Crippen LogP contribution in [0.1, 0.15) is 31.4 Å². The first kappa shape index (κ1) is 15.4. The zero-order chi connectivity index (χ0) is 15.4. The van der Waals surface area contributed by atoms with Gasteiger partial charge in [0.25, 0.3) is 0 Å². The first-order valence-corrected chi connectivity index (χ1v) is 7.37. The number of nitrogens with two attached hydrogens (primary N) is 1. The molecule has 5 heteroatoms. The average molecular weight is 289 g/mol. The second kappa shape index (κ2) is 6.61. The van der Waals surface area contributed by atoms with Gasteiger partial charge >= 0.3 is 0 Å². The van der Waals surface area contributed by atoms with E-state index < -0.39 is 5.92 Å². The highest BCUT2D eigenvalue weighted by atomic mass is 16.4. The zero-order valence-corrected chi connectivity index (χ0v) is 12.6. The van der Waals surface area contributed by atoms with Crippen LogP contribution in [0.15, 0.2) is 29.4 Å². The first-order valence-electron chi connectivity index (χ1n) is 7.37. The molecule has 0 spiro atoms. The number of carbonyl (C=O) groups is 1. The number of nitrogens with zero attached hydrogens (tertiary/aromatic N) is 2. The minimum absolute atomic E-state index is 0.00691. The summed E-state index contributed by atoms with van der Waals surface area (Å²) in [6.45, 7) is 5.12. The standard InChI is InChI=1S/C16H23N3O2/c1-11(2)14(15(17)18-21)16(20)19-9-5-8-12-6-3-4-7-13(12)10-19/h3-4,6-7,11,14,21H,5,8-10H2,1-2H3,(H2,17,18). The Morgan fingerprint density at radius 2 is 2.00 bits per heavy atom. The number of aryl methyl sites for hydroxylation is 1. The Kier molecular flexibility index (Phi) is 4.83. The highest BCUT2D eigenvalue weighted by Gasteiger charge is 2.31. The largest absolute Gasteiger partial charge is 0.409 e. The summed E-state index contributed by atoms with van der Waals surface area (Å²) in [7, 11) is 0. The van der Waals surface area contributed by atoms with Crippen molar-refractivity contribution in [2.45, 2.75) is 33.2 Å². The van der Waals surface area contributed by atoms with E-state index >= 15 is 0 Å². The van der Waals surface area contributed by atoms with Gasteiger partial charge in [-0.05, 0) is 29.9 Å². The third-order valence-electron chi connectivity index (χ3n) is 4.03. The van der Waals surface area contributed by atoms with E-state index in [1.165, 1.54) is 11.1 Å². The molecule has 0 bridgehead atoms. The lowest BCUT2D eigenvalue weighted by atomic mass is 9.93. The number of oxime groups is 1. The third-order valence-corrected chi connectivity index (χ3v) is 4.03. The monoisotopic (exact) mass is 289 g/mol. The molecule has 5 nitrogen and oxygen atoms in total. The molecule has 0 aliphatic carbocycles. The maximum absolute atomic E-state index is 12.8. The minimum Gasteiger partial charge on any atom is -0.409 e. The molecule has 1 aliphatic rings. The van der Waals surface area contributed by atoms with E-state index in [2.05, 4.69) is 17.3 Å². The lowest BCUT2D eigenvalue weighted by Crippen LogP contribution is -2.44. The number of amides is 1. The maximum Gasteiger partial charge on any atom is 0.233 e. The van der Waals surface area contributed by atoms with Gasteiger partial charge in [-0.1, -0.05) is 43.3 Å². The minimum atomic E-state index is -0.569. The number of hydrogen-bond donors (Lipinski definition) is 2. The van der Waals surface area contributed by atoms with Crippen LogP contribution in [0.5, 0.6) is 0 Å². The predicted molar refractivity (Wildman–Crippen MR) is 81.9 cm³/mol. The highest BCUT2D eigenvalue weighted by Crippen LogP contribution is 2.22. The second-order valence-electron chi connectivity index (χ2n) is 5.88. The van der Waals surface area contributed by atoms with Gasteiger partial charge in [0.05, 0.1) is 0 Å². The summed E-state index contributed by atoms with van der Waals surface area (Å²) in [5.41, 5.74) is 8.20. The molecule has 2 rings (SSSR count). The van der Waals surface area contributed by atoms with E-state index in [4.69, 9.17) is 10.9 Å². The van der Waals surface area contributed by atoms with Crippen molar-refractivity contribution in [2.24, 2.45) is 22.7 Å². The van der Waals surface area contributed by atoms with Crippen molar-refractivity contribution in [1.82, 2.24) is 4.90 Å². The van der Waals surface area contributed by atoms with Crippen LogP contribution in [0, 0.1) is 11.8 Å². The van der Waals surface area contributed by atoms with Gasteiger partial charge in [-0.2, -0.15) is 0 Å². The van der Waals surface area contributed by atoms with E-state index in [1.54, 1.807) is 0 Å². The molecule has 21 heavy (non-hydrogen) atoms. The Morgan fingerprint density at radius 3 is 2.62 bits per heavy atom. The van der Waals surface area contributed by atoms with Crippen LogP contribution in [-0.4, -0.2) is 28.4 Å². The van der Waals surface area contributed by atoms with Gasteiger partial charge in [-0.25, -0.2) is 0 Å². The molecule has 3 N–H and O–H groups in total. The van der Waals surface area contributed by atoms with Gasteiger partial charge in [0, 0.05) is 13.1 Å². The normalized spacial score (nSPS) is 17.3. The van der Waals surface area contributed by atoms with Crippen LogP contribution in [0.2, 0.25) is 0 Å². The Morgan fingerprint density at radius 1 is 1.33 bits per heavy atom. The molecule has 1 heterocycles. The SMILES string of the molecule is CC(C)C(C(=O)N1CCCc2ccccc2C1)C(N)=NO. The lowest BCUT2D eigenvalue weighted by molar-refractivity contribution is -0.135. The van der Waals surface area contributed by atoms with Crippen LogP contribution in [-0.2, 0) is 17.8 Å². The molecule has 1 aromatic rings. The summed E-state index contributed by atoms with van der Waals surface area (Å²) in [6, 6.07) is 8.21. The van der Waals surface area contributed by atoms with Gasteiger partial charge in [0.2, 0.25) is 5.91 Å². The van der Waals surface area contributed by atoms with Crippen LogP contribution in [0.3, 0.4) is 0 Å². The molecule has 1 unspecified atom stereocenters. The second-order valence-corrected chi connectivity index (χ2v) is 5.88. The average Bonchev–Trinajstić information content (AvgIpc) is 2.68. The fourth-order valence-corrected chi connectivity index (χ4v) is 2.90. The molecule has 0 saturated heterocycles. The number of fused-ring (bicyclic) bond motifs is 1. The van der Waals surface area contributed by atoms with Crippen molar-refractivity contribution in [1.29, 1.82) is 0 Å². The fourth-order valence-electron chi connectivity index (χ4n) is 2.90. The van der Waals surface area contributed by atoms with Gasteiger partial charge in [-0.3, -0.25) is 4.79 Å². The Labute approximate surface area is 125 Å². The number of carbonyl (C=O) groups excluding carboxylic acids is 1. The van der Waals surface area contributed by atoms with Crippen LogP contribution < -0.4 is 5.73 Å². The van der Waals surface area contributed by atoms with Crippen molar-refractivity contribution in [3.8, 4) is 0 Å². The molecule has 0 saturated carbocycles. The molecule has 1 aliphatic heterocycles. The fraction of sp³-hybridized carbons (Fsp3) is 0.500. The van der Waals surface area contributed by atoms with Crippen molar-refractivity contribution < 1.29 is 10.0 Å². The van der Waals surface area contributed by atoms with E-state index in [9.17, 15) is 4.79 Å². The van der Waals surface area contributed by atoms with Crippen molar-refractivity contribution in [3.63, 3.8) is 0 Å². The lowest BCUT2D eigenvalue weighted by Gasteiger charge is -2.27. The summed E-state index contributed by atoms with van der Waals surface area (Å²) < 4.78 is 0. The number of amidine groups is 1. The Bertz CT molecular complexity index is 540. The summed E-state index contributed by atoms with van der Waals surface area (Å²) >= 11 is 0. The number of benzene rings is 1. The Hall–Kier alpha value is -2.04. The van der Waals surface area contributed by atoms with Crippen molar-refractivity contribution >= 4 is 11.7 Å². The molecule has 114 valence electrons. The zero-order valence-electron chi connectivity index (χ0n) is 12.6. The highest BCUT2D eigenvalue weighted by molar-refractivity contribution is 6.02. The maximum atomic E-state index is 12.8.